The van der Waals surface area contributed by atoms with Gasteiger partial charge < -0.3 is 10.3 Å². The van der Waals surface area contributed by atoms with Crippen LogP contribution in [0.25, 0.3) is 0 Å². The van der Waals surface area contributed by atoms with Crippen LogP contribution >= 0.6 is 0 Å². The molecule has 0 unspecified atom stereocenters. The molecule has 2 aromatic rings. The van der Waals surface area contributed by atoms with Gasteiger partial charge in [-0.25, -0.2) is 9.37 Å². The van der Waals surface area contributed by atoms with E-state index in [4.69, 9.17) is 0 Å². The zero-order chi connectivity index (χ0) is 12.1. The van der Waals surface area contributed by atoms with Crippen molar-refractivity contribution < 1.29 is 4.39 Å². The molecular weight excluding hydrogens is 217 g/mol. The minimum absolute atomic E-state index is 0.147. The van der Waals surface area contributed by atoms with Crippen molar-refractivity contribution >= 4 is 0 Å². The Labute approximate surface area is 100 Å². The highest BCUT2D eigenvalue weighted by atomic mass is 19.1. The monoisotopic (exact) mass is 233 g/mol. The molecule has 2 rings (SSSR count). The fourth-order valence-corrected chi connectivity index (χ4v) is 1.69. The number of aromatic amines is 1. The maximum Gasteiger partial charge on any atom is 0.126 e. The first-order chi connectivity index (χ1) is 8.25. The Morgan fingerprint density at radius 2 is 2.29 bits per heavy atom. The number of imidazole rings is 1. The van der Waals surface area contributed by atoms with Gasteiger partial charge in [0.15, 0.2) is 0 Å². The molecule has 0 amide bonds. The minimum Gasteiger partial charge on any atom is -0.348 e. The lowest BCUT2D eigenvalue weighted by Crippen LogP contribution is -2.16. The van der Waals surface area contributed by atoms with Gasteiger partial charge in [-0.15, -0.1) is 0 Å². The molecule has 4 heteroatoms. The lowest BCUT2D eigenvalue weighted by atomic mass is 10.1. The van der Waals surface area contributed by atoms with Crippen LogP contribution in [0.4, 0.5) is 4.39 Å². The molecule has 0 fully saturated rings. The number of nitrogens with one attached hydrogen (secondary N) is 2. The predicted molar refractivity (Wildman–Crippen MR) is 65.1 cm³/mol. The fourth-order valence-electron chi connectivity index (χ4n) is 1.69. The molecule has 2 N–H and O–H groups in total. The minimum atomic E-state index is -0.147. The number of halogens is 1. The Morgan fingerprint density at radius 3 is 3.00 bits per heavy atom. The number of H-pyrrole nitrogens is 1. The smallest absolute Gasteiger partial charge is 0.126 e. The van der Waals surface area contributed by atoms with Crippen LogP contribution in [-0.4, -0.2) is 16.5 Å². The summed E-state index contributed by atoms with van der Waals surface area (Å²) in [5.41, 5.74) is 2.92. The second-order valence-corrected chi connectivity index (χ2v) is 4.09. The Bertz CT molecular complexity index is 466. The molecule has 17 heavy (non-hydrogen) atoms. The van der Waals surface area contributed by atoms with E-state index >= 15 is 0 Å². The number of aromatic nitrogens is 2. The van der Waals surface area contributed by atoms with Crippen molar-refractivity contribution in [2.45, 2.75) is 19.9 Å². The molecule has 0 atom stereocenters. The Hall–Kier alpha value is -1.68. The third-order valence-corrected chi connectivity index (χ3v) is 2.68. The summed E-state index contributed by atoms with van der Waals surface area (Å²) < 4.78 is 13.0. The number of nitrogens with zero attached hydrogens (tertiary/aromatic N) is 1. The summed E-state index contributed by atoms with van der Waals surface area (Å²) in [4.78, 5) is 7.01. The van der Waals surface area contributed by atoms with Gasteiger partial charge in [-0.3, -0.25) is 0 Å². The second kappa shape index (κ2) is 5.59. The van der Waals surface area contributed by atoms with E-state index in [9.17, 15) is 4.39 Å². The normalized spacial score (nSPS) is 10.7. The molecule has 0 saturated carbocycles. The molecule has 1 heterocycles. The van der Waals surface area contributed by atoms with Gasteiger partial charge in [0.05, 0.1) is 6.33 Å². The molecule has 0 saturated heterocycles. The quantitative estimate of drug-likeness (QED) is 0.777. The van der Waals surface area contributed by atoms with Crippen LogP contribution in [0.1, 0.15) is 16.8 Å². The first kappa shape index (κ1) is 11.8. The third kappa shape index (κ3) is 3.39. The molecule has 3 nitrogen and oxygen atoms in total. The summed E-state index contributed by atoms with van der Waals surface area (Å²) in [5.74, 6) is -0.147. The summed E-state index contributed by atoms with van der Waals surface area (Å²) in [6, 6.07) is 5.20. The van der Waals surface area contributed by atoms with E-state index < -0.39 is 0 Å². The number of hydrogen-bond donors (Lipinski definition) is 2. The molecular formula is C13H16FN3. The molecule has 0 spiro atoms. The van der Waals surface area contributed by atoms with Crippen LogP contribution in [0.3, 0.4) is 0 Å². The van der Waals surface area contributed by atoms with Gasteiger partial charge in [0, 0.05) is 31.4 Å². The average molecular weight is 233 g/mol. The Balaban J connectivity index is 1.76. The van der Waals surface area contributed by atoms with Crippen LogP contribution in [-0.2, 0) is 13.0 Å². The second-order valence-electron chi connectivity index (χ2n) is 4.09. The Morgan fingerprint density at radius 1 is 1.41 bits per heavy atom. The van der Waals surface area contributed by atoms with E-state index in [0.29, 0.717) is 5.56 Å². The first-order valence-electron chi connectivity index (χ1n) is 5.68. The van der Waals surface area contributed by atoms with Crippen molar-refractivity contribution in [2.75, 3.05) is 6.54 Å². The molecule has 0 bridgehead atoms. The van der Waals surface area contributed by atoms with Gasteiger partial charge in [-0.1, -0.05) is 12.1 Å². The van der Waals surface area contributed by atoms with Gasteiger partial charge >= 0.3 is 0 Å². The van der Waals surface area contributed by atoms with Gasteiger partial charge in [-0.05, 0) is 24.1 Å². The molecule has 90 valence electrons. The van der Waals surface area contributed by atoms with Gasteiger partial charge in [-0.2, -0.15) is 0 Å². The van der Waals surface area contributed by atoms with Gasteiger partial charge in [0.1, 0.15) is 5.82 Å². The summed E-state index contributed by atoms with van der Waals surface area (Å²) in [6.07, 6.45) is 4.42. The van der Waals surface area contributed by atoms with Crippen molar-refractivity contribution in [3.63, 3.8) is 0 Å². The largest absolute Gasteiger partial charge is 0.348 e. The van der Waals surface area contributed by atoms with Gasteiger partial charge in [0.25, 0.3) is 0 Å². The van der Waals surface area contributed by atoms with Crippen LogP contribution < -0.4 is 5.32 Å². The number of hydrogen-bond acceptors (Lipinski definition) is 2. The van der Waals surface area contributed by atoms with Crippen LogP contribution in [0.15, 0.2) is 30.7 Å². The van der Waals surface area contributed by atoms with E-state index in [1.165, 1.54) is 6.07 Å². The van der Waals surface area contributed by atoms with E-state index in [-0.39, 0.29) is 5.82 Å². The highest BCUT2D eigenvalue weighted by Gasteiger charge is 1.99. The Kier molecular flexibility index (Phi) is 3.88. The fraction of sp³-hybridized carbons (Fsp3) is 0.308. The first-order valence-corrected chi connectivity index (χ1v) is 5.68. The summed E-state index contributed by atoms with van der Waals surface area (Å²) in [5, 5.41) is 3.32. The zero-order valence-corrected chi connectivity index (χ0v) is 9.83. The average Bonchev–Trinajstić information content (AvgIpc) is 2.82. The highest BCUT2D eigenvalue weighted by molar-refractivity contribution is 5.23. The topological polar surface area (TPSA) is 40.7 Å². The zero-order valence-electron chi connectivity index (χ0n) is 9.83. The molecule has 0 radical (unpaired) electrons. The number of benzene rings is 1. The number of rotatable bonds is 5. The van der Waals surface area contributed by atoms with Crippen molar-refractivity contribution in [1.29, 1.82) is 0 Å². The van der Waals surface area contributed by atoms with Crippen LogP contribution in [0.2, 0.25) is 0 Å². The lowest BCUT2D eigenvalue weighted by Gasteiger charge is -2.05. The summed E-state index contributed by atoms with van der Waals surface area (Å²) in [6.45, 7) is 3.41. The summed E-state index contributed by atoms with van der Waals surface area (Å²) >= 11 is 0. The van der Waals surface area contributed by atoms with Gasteiger partial charge in [0.2, 0.25) is 0 Å². The standard InChI is InChI=1S/C13H16FN3/c1-10-6-11(2-3-13(10)14)7-15-5-4-12-8-16-9-17-12/h2-3,6,8-9,15H,4-5,7H2,1H3,(H,16,17). The maximum atomic E-state index is 13.0. The van der Waals surface area contributed by atoms with Crippen molar-refractivity contribution in [1.82, 2.24) is 15.3 Å². The van der Waals surface area contributed by atoms with Crippen LogP contribution in [0.5, 0.6) is 0 Å². The van der Waals surface area contributed by atoms with E-state index in [1.807, 2.05) is 18.3 Å². The van der Waals surface area contributed by atoms with Crippen molar-refractivity contribution in [3.8, 4) is 0 Å². The highest BCUT2D eigenvalue weighted by Crippen LogP contribution is 2.08. The predicted octanol–water partition coefficient (Wildman–Crippen LogP) is 2.19. The maximum absolute atomic E-state index is 13.0. The SMILES string of the molecule is Cc1cc(CNCCc2cnc[nH]2)ccc1F. The number of aryl methyl sites for hydroxylation is 1. The molecule has 0 aliphatic rings. The van der Waals surface area contributed by atoms with Crippen LogP contribution in [0, 0.1) is 12.7 Å². The van der Waals surface area contributed by atoms with E-state index in [0.717, 1.165) is 30.8 Å². The molecule has 0 aliphatic carbocycles. The third-order valence-electron chi connectivity index (χ3n) is 2.68. The molecule has 0 aliphatic heterocycles. The summed E-state index contributed by atoms with van der Waals surface area (Å²) in [7, 11) is 0. The van der Waals surface area contributed by atoms with Crippen molar-refractivity contribution in [2.24, 2.45) is 0 Å². The molecule has 1 aromatic heterocycles. The van der Waals surface area contributed by atoms with Crippen molar-refractivity contribution in [3.05, 3.63) is 53.4 Å². The van der Waals surface area contributed by atoms with E-state index in [2.05, 4.69) is 15.3 Å². The molecule has 1 aromatic carbocycles. The van der Waals surface area contributed by atoms with E-state index in [1.54, 1.807) is 13.3 Å². The lowest BCUT2D eigenvalue weighted by molar-refractivity contribution is 0.615.